The molecule has 4 N–H and O–H groups in total. The molecule has 0 saturated carbocycles. The number of amides is 3. The van der Waals surface area contributed by atoms with Crippen LogP contribution in [0.5, 0.6) is 0 Å². The van der Waals surface area contributed by atoms with Crippen LogP contribution in [0.4, 0.5) is 10.1 Å². The molecule has 2 unspecified atom stereocenters. The van der Waals surface area contributed by atoms with Gasteiger partial charge in [-0.15, -0.1) is 11.6 Å². The average Bonchev–Trinajstić information content (AvgIpc) is 2.99. The number of hydrogen-bond donors (Lipinski definition) is 3. The molecule has 9 heteroatoms. The molecule has 3 amide bonds. The van der Waals surface area contributed by atoms with Crippen LogP contribution < -0.4 is 16.5 Å². The molecule has 1 aliphatic heterocycles. The number of fused-ring (bicyclic) bond motifs is 1. The molecule has 2 aromatic carbocycles. The topological polar surface area (TPSA) is 114 Å². The fourth-order valence-corrected chi connectivity index (χ4v) is 2.85. The third kappa shape index (κ3) is 3.86. The van der Waals surface area contributed by atoms with Gasteiger partial charge in [-0.25, -0.2) is 9.82 Å². The van der Waals surface area contributed by atoms with Crippen LogP contribution in [-0.2, 0) is 14.4 Å². The SMILES string of the molecule is CC(C(=O)N/N=C1\C(=O)Nc2ccc(C(Cl)C(N)=O)cc21)c1ccc(F)cc1. The fraction of sp³-hybridized carbons (Fsp3) is 0.158. The second kappa shape index (κ2) is 7.77. The number of alkyl halides is 1. The zero-order chi connectivity index (χ0) is 20.4. The quantitative estimate of drug-likeness (QED) is 0.526. The number of hydrogen-bond acceptors (Lipinski definition) is 4. The van der Waals surface area contributed by atoms with Crippen molar-refractivity contribution in [3.8, 4) is 0 Å². The fourth-order valence-electron chi connectivity index (χ4n) is 2.71. The first kappa shape index (κ1) is 19.5. The molecule has 28 heavy (non-hydrogen) atoms. The number of carbonyl (C=O) groups is 3. The van der Waals surface area contributed by atoms with Crippen LogP contribution in [0.2, 0.25) is 0 Å². The van der Waals surface area contributed by atoms with Crippen LogP contribution in [-0.4, -0.2) is 23.4 Å². The van der Waals surface area contributed by atoms with E-state index in [1.165, 1.54) is 30.3 Å². The molecule has 0 radical (unpaired) electrons. The monoisotopic (exact) mass is 402 g/mol. The van der Waals surface area contributed by atoms with Gasteiger partial charge in [0.1, 0.15) is 11.2 Å². The Morgan fingerprint density at radius 1 is 1.18 bits per heavy atom. The highest BCUT2D eigenvalue weighted by atomic mass is 35.5. The normalized spacial score (nSPS) is 16.2. The summed E-state index contributed by atoms with van der Waals surface area (Å²) in [5.74, 6) is -2.71. The van der Waals surface area contributed by atoms with E-state index in [0.717, 1.165) is 0 Å². The summed E-state index contributed by atoms with van der Waals surface area (Å²) in [6.45, 7) is 1.63. The Hall–Kier alpha value is -3.26. The first-order chi connectivity index (χ1) is 13.3. The van der Waals surface area contributed by atoms with Crippen molar-refractivity contribution >= 4 is 40.7 Å². The maximum absolute atomic E-state index is 13.0. The van der Waals surface area contributed by atoms with Crippen LogP contribution in [0.1, 0.15) is 34.9 Å². The lowest BCUT2D eigenvalue weighted by atomic mass is 10.0. The molecule has 0 fully saturated rings. The zero-order valence-electron chi connectivity index (χ0n) is 14.7. The number of nitrogens with zero attached hydrogens (tertiary/aromatic N) is 1. The van der Waals surface area contributed by atoms with Crippen molar-refractivity contribution in [2.75, 3.05) is 5.32 Å². The molecule has 2 atom stereocenters. The van der Waals surface area contributed by atoms with Crippen LogP contribution in [0.25, 0.3) is 0 Å². The Labute approximate surface area is 164 Å². The molecule has 1 aliphatic rings. The average molecular weight is 403 g/mol. The van der Waals surface area contributed by atoms with E-state index in [0.29, 0.717) is 22.4 Å². The number of rotatable bonds is 5. The third-order valence-corrected chi connectivity index (χ3v) is 4.81. The van der Waals surface area contributed by atoms with Crippen molar-refractivity contribution in [1.29, 1.82) is 0 Å². The third-order valence-electron chi connectivity index (χ3n) is 4.35. The second-order valence-electron chi connectivity index (χ2n) is 6.23. The Kier molecular flexibility index (Phi) is 5.41. The van der Waals surface area contributed by atoms with Crippen molar-refractivity contribution in [3.05, 3.63) is 65.0 Å². The molecule has 3 rings (SSSR count). The van der Waals surface area contributed by atoms with Gasteiger partial charge < -0.3 is 11.1 Å². The van der Waals surface area contributed by atoms with Crippen molar-refractivity contribution in [2.24, 2.45) is 10.8 Å². The number of halogens is 2. The van der Waals surface area contributed by atoms with Crippen LogP contribution in [0.15, 0.2) is 47.6 Å². The first-order valence-corrected chi connectivity index (χ1v) is 8.73. The number of anilines is 1. The van der Waals surface area contributed by atoms with E-state index in [1.54, 1.807) is 19.1 Å². The van der Waals surface area contributed by atoms with Crippen molar-refractivity contribution < 1.29 is 18.8 Å². The summed E-state index contributed by atoms with van der Waals surface area (Å²) in [7, 11) is 0. The van der Waals surface area contributed by atoms with Gasteiger partial charge in [-0.05, 0) is 42.3 Å². The molecule has 7 nitrogen and oxygen atoms in total. The molecule has 1 heterocycles. The maximum Gasteiger partial charge on any atom is 0.276 e. The predicted molar refractivity (Wildman–Crippen MR) is 102 cm³/mol. The molecular weight excluding hydrogens is 387 g/mol. The number of hydrazone groups is 1. The van der Waals surface area contributed by atoms with Crippen LogP contribution >= 0.6 is 11.6 Å². The van der Waals surface area contributed by atoms with Crippen molar-refractivity contribution in [3.63, 3.8) is 0 Å². The number of primary amides is 1. The molecule has 0 saturated heterocycles. The number of benzene rings is 2. The molecule has 0 aliphatic carbocycles. The Morgan fingerprint density at radius 3 is 2.46 bits per heavy atom. The second-order valence-corrected chi connectivity index (χ2v) is 6.67. The Bertz CT molecular complexity index is 991. The van der Waals surface area contributed by atoms with Gasteiger partial charge in [-0.1, -0.05) is 18.2 Å². The van der Waals surface area contributed by atoms with Gasteiger partial charge in [0.15, 0.2) is 5.71 Å². The highest BCUT2D eigenvalue weighted by molar-refractivity contribution is 6.53. The summed E-state index contributed by atoms with van der Waals surface area (Å²) in [5.41, 5.74) is 9.41. The van der Waals surface area contributed by atoms with E-state index in [2.05, 4.69) is 15.8 Å². The van der Waals surface area contributed by atoms with E-state index in [-0.39, 0.29) is 5.71 Å². The number of carbonyl (C=O) groups excluding carboxylic acids is 3. The number of nitrogens with one attached hydrogen (secondary N) is 2. The van der Waals surface area contributed by atoms with Gasteiger partial charge in [-0.3, -0.25) is 14.4 Å². The first-order valence-electron chi connectivity index (χ1n) is 8.30. The summed E-state index contributed by atoms with van der Waals surface area (Å²) >= 11 is 5.96. The van der Waals surface area contributed by atoms with E-state index >= 15 is 0 Å². The van der Waals surface area contributed by atoms with E-state index < -0.39 is 34.8 Å². The maximum atomic E-state index is 13.0. The molecule has 0 bridgehead atoms. The minimum absolute atomic E-state index is 0.0233. The lowest BCUT2D eigenvalue weighted by Crippen LogP contribution is -2.27. The minimum atomic E-state index is -1.06. The highest BCUT2D eigenvalue weighted by Gasteiger charge is 2.28. The van der Waals surface area contributed by atoms with Crippen LogP contribution in [0, 0.1) is 5.82 Å². The standard InChI is InChI=1S/C19H16ClFN4O3/c1-9(10-2-5-12(21)6-3-10)18(27)25-24-16-13-8-11(15(20)17(22)26)4-7-14(13)23-19(16)28/h2-9,15H,1H3,(H2,22,26)(H,25,27)(H,23,24,28). The van der Waals surface area contributed by atoms with Gasteiger partial charge in [0.25, 0.3) is 5.91 Å². The van der Waals surface area contributed by atoms with Gasteiger partial charge in [0, 0.05) is 5.56 Å². The van der Waals surface area contributed by atoms with Gasteiger partial charge >= 0.3 is 0 Å². The summed E-state index contributed by atoms with van der Waals surface area (Å²) in [6, 6.07) is 10.2. The Morgan fingerprint density at radius 2 is 1.82 bits per heavy atom. The lowest BCUT2D eigenvalue weighted by Gasteiger charge is -2.10. The van der Waals surface area contributed by atoms with E-state index in [1.807, 2.05) is 0 Å². The summed E-state index contributed by atoms with van der Waals surface area (Å²) < 4.78 is 13.0. The minimum Gasteiger partial charge on any atom is -0.368 e. The van der Waals surface area contributed by atoms with Gasteiger partial charge in [0.2, 0.25) is 11.8 Å². The smallest absolute Gasteiger partial charge is 0.276 e. The van der Waals surface area contributed by atoms with Crippen molar-refractivity contribution in [1.82, 2.24) is 5.43 Å². The van der Waals surface area contributed by atoms with E-state index in [4.69, 9.17) is 17.3 Å². The Balaban J connectivity index is 1.82. The molecule has 0 aromatic heterocycles. The summed E-state index contributed by atoms with van der Waals surface area (Å²) in [6.07, 6.45) is 0. The van der Waals surface area contributed by atoms with E-state index in [9.17, 15) is 18.8 Å². The molecular formula is C19H16ClFN4O3. The summed E-state index contributed by atoms with van der Waals surface area (Å²) in [5, 5.41) is 5.48. The molecule has 144 valence electrons. The largest absolute Gasteiger partial charge is 0.368 e. The zero-order valence-corrected chi connectivity index (χ0v) is 15.5. The molecule has 2 aromatic rings. The summed E-state index contributed by atoms with van der Waals surface area (Å²) in [4.78, 5) is 35.8. The van der Waals surface area contributed by atoms with Gasteiger partial charge in [0.05, 0.1) is 11.6 Å². The highest BCUT2D eigenvalue weighted by Crippen LogP contribution is 2.29. The predicted octanol–water partition coefficient (Wildman–Crippen LogP) is 2.17. The van der Waals surface area contributed by atoms with Crippen molar-refractivity contribution in [2.45, 2.75) is 18.2 Å². The lowest BCUT2D eigenvalue weighted by molar-refractivity contribution is -0.122. The van der Waals surface area contributed by atoms with Gasteiger partial charge in [-0.2, -0.15) is 5.10 Å². The van der Waals surface area contributed by atoms with Crippen LogP contribution in [0.3, 0.4) is 0 Å². The number of nitrogens with two attached hydrogens (primary N) is 1. The molecule has 0 spiro atoms.